The summed E-state index contributed by atoms with van der Waals surface area (Å²) in [5.74, 6) is 0.559. The van der Waals surface area contributed by atoms with Gasteiger partial charge in [0, 0.05) is 40.3 Å². The maximum atomic E-state index is 8.83. The Balaban J connectivity index is 2.94. The predicted molar refractivity (Wildman–Crippen MR) is 85.1 cm³/mol. The Morgan fingerprint density at radius 3 is 2.58 bits per heavy atom. The van der Waals surface area contributed by atoms with E-state index in [2.05, 4.69) is 52.2 Å². The molecule has 0 aromatic carbocycles. The van der Waals surface area contributed by atoms with E-state index < -0.39 is 0 Å². The molecule has 0 saturated heterocycles. The molecule has 5 heteroatoms. The van der Waals surface area contributed by atoms with E-state index in [1.54, 1.807) is 11.3 Å². The van der Waals surface area contributed by atoms with Gasteiger partial charge in [0.25, 0.3) is 0 Å². The number of halogens is 1. The van der Waals surface area contributed by atoms with Crippen molar-refractivity contribution in [1.29, 1.82) is 5.26 Å². The van der Waals surface area contributed by atoms with E-state index in [0.717, 1.165) is 17.6 Å². The van der Waals surface area contributed by atoms with Gasteiger partial charge in [0.1, 0.15) is 0 Å². The van der Waals surface area contributed by atoms with Crippen molar-refractivity contribution in [1.82, 2.24) is 4.90 Å². The summed E-state index contributed by atoms with van der Waals surface area (Å²) >= 11 is 5.22. The summed E-state index contributed by atoms with van der Waals surface area (Å²) in [4.78, 5) is 3.61. The van der Waals surface area contributed by atoms with E-state index in [0.29, 0.717) is 12.3 Å². The van der Waals surface area contributed by atoms with Crippen LogP contribution in [-0.2, 0) is 0 Å². The molecule has 2 unspecified atom stereocenters. The van der Waals surface area contributed by atoms with Crippen LogP contribution < -0.4 is 5.73 Å². The quantitative estimate of drug-likeness (QED) is 0.819. The largest absolute Gasteiger partial charge is 0.326 e. The molecule has 1 rings (SSSR count). The molecule has 0 aliphatic rings. The second-order valence-corrected chi connectivity index (χ2v) is 7.13. The van der Waals surface area contributed by atoms with Crippen LogP contribution in [-0.4, -0.2) is 24.0 Å². The van der Waals surface area contributed by atoms with Crippen molar-refractivity contribution in [3.8, 4) is 6.07 Å². The molecule has 0 bridgehead atoms. The lowest BCUT2D eigenvalue weighted by atomic mass is 10.0. The number of nitrogens with two attached hydrogens (primary N) is 1. The van der Waals surface area contributed by atoms with Gasteiger partial charge >= 0.3 is 0 Å². The Morgan fingerprint density at radius 1 is 1.47 bits per heavy atom. The van der Waals surface area contributed by atoms with Crippen molar-refractivity contribution < 1.29 is 0 Å². The van der Waals surface area contributed by atoms with Crippen molar-refractivity contribution in [2.75, 3.05) is 13.1 Å². The van der Waals surface area contributed by atoms with Gasteiger partial charge in [0.2, 0.25) is 0 Å². The smallest absolute Gasteiger partial charge is 0.0635 e. The highest BCUT2D eigenvalue weighted by atomic mass is 79.9. The normalized spacial score (nSPS) is 14.6. The molecular weight excluding hydrogens is 322 g/mol. The number of nitriles is 1. The van der Waals surface area contributed by atoms with Gasteiger partial charge in [-0.1, -0.05) is 13.8 Å². The highest BCUT2D eigenvalue weighted by molar-refractivity contribution is 9.10. The van der Waals surface area contributed by atoms with Crippen LogP contribution >= 0.6 is 27.3 Å². The zero-order valence-electron chi connectivity index (χ0n) is 11.8. The predicted octanol–water partition coefficient (Wildman–Crippen LogP) is 3.77. The summed E-state index contributed by atoms with van der Waals surface area (Å²) in [6.07, 6.45) is 0.544. The molecule has 1 aromatic heterocycles. The molecule has 1 heterocycles. The molecule has 0 spiro atoms. The van der Waals surface area contributed by atoms with E-state index >= 15 is 0 Å². The van der Waals surface area contributed by atoms with Crippen molar-refractivity contribution in [2.45, 2.75) is 39.3 Å². The third-order valence-corrected chi connectivity index (χ3v) is 4.65. The molecule has 0 saturated carbocycles. The highest BCUT2D eigenvalue weighted by Crippen LogP contribution is 2.32. The Hall–Kier alpha value is -0.410. The molecular formula is C14H22BrN3S. The Morgan fingerprint density at radius 2 is 2.16 bits per heavy atom. The SMILES string of the molecule is CC(C)CN(CCC#N)C(c1cc(Br)cs1)C(C)N. The first-order valence-corrected chi connectivity index (χ1v) is 8.23. The number of hydrogen-bond acceptors (Lipinski definition) is 4. The lowest BCUT2D eigenvalue weighted by molar-refractivity contribution is 0.163. The summed E-state index contributed by atoms with van der Waals surface area (Å²) < 4.78 is 1.10. The van der Waals surface area contributed by atoms with E-state index in [-0.39, 0.29) is 12.1 Å². The average molecular weight is 344 g/mol. The van der Waals surface area contributed by atoms with E-state index in [9.17, 15) is 0 Å². The summed E-state index contributed by atoms with van der Waals surface area (Å²) in [5, 5.41) is 10.9. The fourth-order valence-electron chi connectivity index (χ4n) is 2.26. The average Bonchev–Trinajstić information content (AvgIpc) is 2.71. The van der Waals surface area contributed by atoms with Crippen molar-refractivity contribution in [2.24, 2.45) is 11.7 Å². The van der Waals surface area contributed by atoms with Crippen molar-refractivity contribution in [3.05, 3.63) is 20.8 Å². The zero-order valence-corrected chi connectivity index (χ0v) is 14.2. The second kappa shape index (κ2) is 8.01. The monoisotopic (exact) mass is 343 g/mol. The number of hydrogen-bond donors (Lipinski definition) is 1. The van der Waals surface area contributed by atoms with Crippen LogP contribution in [0.25, 0.3) is 0 Å². The molecule has 2 atom stereocenters. The lowest BCUT2D eigenvalue weighted by Crippen LogP contribution is -2.41. The van der Waals surface area contributed by atoms with E-state index in [1.165, 1.54) is 4.88 Å². The van der Waals surface area contributed by atoms with Gasteiger partial charge in [-0.05, 0) is 34.8 Å². The van der Waals surface area contributed by atoms with Crippen LogP contribution in [0, 0.1) is 17.2 Å². The number of rotatable bonds is 7. The Kier molecular flexibility index (Phi) is 7.01. The molecule has 0 radical (unpaired) electrons. The molecule has 0 amide bonds. The van der Waals surface area contributed by atoms with Crippen LogP contribution in [0.4, 0.5) is 0 Å². The molecule has 3 nitrogen and oxygen atoms in total. The summed E-state index contributed by atoms with van der Waals surface area (Å²) in [5.41, 5.74) is 6.19. The first kappa shape index (κ1) is 16.6. The Labute approximate surface area is 128 Å². The van der Waals surface area contributed by atoms with Crippen LogP contribution in [0.15, 0.2) is 15.9 Å². The molecule has 19 heavy (non-hydrogen) atoms. The summed E-state index contributed by atoms with van der Waals surface area (Å²) in [6.45, 7) is 8.17. The lowest BCUT2D eigenvalue weighted by Gasteiger charge is -2.34. The minimum Gasteiger partial charge on any atom is -0.326 e. The first-order chi connectivity index (χ1) is 8.95. The standard InChI is InChI=1S/C14H22BrN3S/c1-10(2)8-18(6-4-5-16)14(11(3)17)13-7-12(15)9-19-13/h7,9-11,14H,4,6,8,17H2,1-3H3. The van der Waals surface area contributed by atoms with Gasteiger partial charge in [-0.2, -0.15) is 5.26 Å². The second-order valence-electron chi connectivity index (χ2n) is 5.27. The molecule has 0 aliphatic carbocycles. The van der Waals surface area contributed by atoms with Crippen LogP contribution in [0.5, 0.6) is 0 Å². The van der Waals surface area contributed by atoms with Gasteiger partial charge in [0.05, 0.1) is 12.1 Å². The molecule has 1 aromatic rings. The third kappa shape index (κ3) is 5.23. The van der Waals surface area contributed by atoms with Gasteiger partial charge in [-0.25, -0.2) is 0 Å². The fraction of sp³-hybridized carbons (Fsp3) is 0.643. The maximum Gasteiger partial charge on any atom is 0.0635 e. The first-order valence-electron chi connectivity index (χ1n) is 6.56. The van der Waals surface area contributed by atoms with E-state index in [1.807, 2.05) is 6.92 Å². The van der Waals surface area contributed by atoms with Crippen LogP contribution in [0.3, 0.4) is 0 Å². The molecule has 106 valence electrons. The molecule has 0 fully saturated rings. The molecule has 0 aliphatic heterocycles. The van der Waals surface area contributed by atoms with Gasteiger partial charge in [0.15, 0.2) is 0 Å². The summed E-state index contributed by atoms with van der Waals surface area (Å²) in [6, 6.07) is 4.60. The minimum atomic E-state index is 0.0444. The fourth-order valence-corrected chi connectivity index (χ4v) is 3.95. The van der Waals surface area contributed by atoms with Crippen molar-refractivity contribution in [3.63, 3.8) is 0 Å². The molecule has 2 N–H and O–H groups in total. The summed E-state index contributed by atoms with van der Waals surface area (Å²) in [7, 11) is 0. The van der Waals surface area contributed by atoms with Crippen molar-refractivity contribution >= 4 is 27.3 Å². The van der Waals surface area contributed by atoms with Gasteiger partial charge in [-0.15, -0.1) is 11.3 Å². The van der Waals surface area contributed by atoms with Crippen LogP contribution in [0.1, 0.15) is 38.1 Å². The zero-order chi connectivity index (χ0) is 14.4. The highest BCUT2D eigenvalue weighted by Gasteiger charge is 2.25. The Bertz CT molecular complexity index is 423. The minimum absolute atomic E-state index is 0.0444. The topological polar surface area (TPSA) is 53.0 Å². The van der Waals surface area contributed by atoms with Gasteiger partial charge in [-0.3, -0.25) is 4.90 Å². The van der Waals surface area contributed by atoms with E-state index in [4.69, 9.17) is 11.0 Å². The third-order valence-electron chi connectivity index (χ3n) is 2.88. The van der Waals surface area contributed by atoms with Gasteiger partial charge < -0.3 is 5.73 Å². The number of thiophene rings is 1. The maximum absolute atomic E-state index is 8.83. The van der Waals surface area contributed by atoms with Crippen LogP contribution in [0.2, 0.25) is 0 Å². The number of nitrogens with zero attached hydrogens (tertiary/aromatic N) is 2.